The summed E-state index contributed by atoms with van der Waals surface area (Å²) in [4.78, 5) is 29.2. The highest BCUT2D eigenvalue weighted by Crippen LogP contribution is 2.28. The number of unbranched alkanes of at least 4 members (excludes halogenated alkanes) is 1. The van der Waals surface area contributed by atoms with Crippen LogP contribution in [0.3, 0.4) is 0 Å². The summed E-state index contributed by atoms with van der Waals surface area (Å²) in [7, 11) is -3.86. The van der Waals surface area contributed by atoms with Crippen LogP contribution in [0.1, 0.15) is 42.0 Å². The Morgan fingerprint density at radius 3 is 2.10 bits per heavy atom. The molecule has 0 saturated carbocycles. The van der Waals surface area contributed by atoms with Crippen LogP contribution in [0.5, 0.6) is 0 Å². The van der Waals surface area contributed by atoms with Crippen molar-refractivity contribution in [2.24, 2.45) is 0 Å². The zero-order chi connectivity index (χ0) is 30.2. The van der Waals surface area contributed by atoms with Crippen molar-refractivity contribution in [1.29, 1.82) is 0 Å². The van der Waals surface area contributed by atoms with E-state index < -0.39 is 28.5 Å². The van der Waals surface area contributed by atoms with Crippen molar-refractivity contribution in [1.82, 2.24) is 10.2 Å². The number of halogens is 2. The number of nitrogens with zero attached hydrogens (tertiary/aromatic N) is 2. The summed E-state index contributed by atoms with van der Waals surface area (Å²) in [6.45, 7) is 5.61. The Morgan fingerprint density at radius 1 is 0.927 bits per heavy atom. The van der Waals surface area contributed by atoms with Gasteiger partial charge in [0.1, 0.15) is 12.6 Å². The highest BCUT2D eigenvalue weighted by atomic mass is 35.5. The van der Waals surface area contributed by atoms with E-state index in [0.29, 0.717) is 27.8 Å². The summed E-state index contributed by atoms with van der Waals surface area (Å²) in [5.74, 6) is -0.895. The van der Waals surface area contributed by atoms with Gasteiger partial charge in [0.15, 0.2) is 0 Å². The van der Waals surface area contributed by atoms with Gasteiger partial charge in [-0.1, -0.05) is 79.0 Å². The zero-order valence-electron chi connectivity index (χ0n) is 23.9. The molecule has 220 valence electrons. The van der Waals surface area contributed by atoms with Gasteiger partial charge in [0.05, 0.1) is 11.9 Å². The average Bonchev–Trinajstić information content (AvgIpc) is 2.90. The third kappa shape index (κ3) is 9.21. The van der Waals surface area contributed by atoms with Gasteiger partial charge in [-0.2, -0.15) is 0 Å². The first-order valence-corrected chi connectivity index (χ1v) is 16.1. The predicted molar refractivity (Wildman–Crippen MR) is 167 cm³/mol. The van der Waals surface area contributed by atoms with Crippen LogP contribution in [-0.2, 0) is 32.6 Å². The molecule has 0 radical (unpaired) electrons. The monoisotopic (exact) mass is 617 g/mol. The topological polar surface area (TPSA) is 86.8 Å². The lowest BCUT2D eigenvalue weighted by atomic mass is 10.0. The summed E-state index contributed by atoms with van der Waals surface area (Å²) in [5, 5.41) is 3.64. The van der Waals surface area contributed by atoms with E-state index in [0.717, 1.165) is 40.1 Å². The molecule has 0 aliphatic heterocycles. The fourth-order valence-corrected chi connectivity index (χ4v) is 5.97. The van der Waals surface area contributed by atoms with Crippen LogP contribution in [0, 0.1) is 13.8 Å². The molecule has 0 aliphatic carbocycles. The van der Waals surface area contributed by atoms with Gasteiger partial charge < -0.3 is 10.2 Å². The molecule has 1 atom stereocenters. The van der Waals surface area contributed by atoms with Gasteiger partial charge in [0, 0.05) is 35.1 Å². The Morgan fingerprint density at radius 2 is 1.54 bits per heavy atom. The molecule has 2 amide bonds. The maximum atomic E-state index is 14.2. The van der Waals surface area contributed by atoms with Gasteiger partial charge >= 0.3 is 0 Å². The van der Waals surface area contributed by atoms with Gasteiger partial charge in [-0.3, -0.25) is 13.9 Å². The molecule has 0 unspecified atom stereocenters. The van der Waals surface area contributed by atoms with E-state index in [1.807, 2.05) is 57.2 Å². The van der Waals surface area contributed by atoms with E-state index in [9.17, 15) is 18.0 Å². The van der Waals surface area contributed by atoms with E-state index in [2.05, 4.69) is 5.32 Å². The van der Waals surface area contributed by atoms with Gasteiger partial charge in [0.2, 0.25) is 21.8 Å². The molecule has 41 heavy (non-hydrogen) atoms. The number of sulfonamides is 1. The molecule has 0 saturated heterocycles. The van der Waals surface area contributed by atoms with Crippen molar-refractivity contribution in [3.63, 3.8) is 0 Å². The summed E-state index contributed by atoms with van der Waals surface area (Å²) in [5.41, 5.74) is 3.42. The number of carbonyl (C=O) groups excluding carboxylic acids is 2. The van der Waals surface area contributed by atoms with Crippen LogP contribution in [0.15, 0.2) is 66.7 Å². The first-order chi connectivity index (χ1) is 19.4. The molecule has 7 nitrogen and oxygen atoms in total. The standard InChI is InChI=1S/C31H37Cl2N3O4S/c1-5-6-15-34-31(38)29(19-24-11-8-7-9-12-24)35(20-26-27(32)13-10-14-28(26)33)30(37)21-36(41(4,39)40)25-17-22(2)16-23(3)18-25/h7-14,16-18,29H,5-6,15,19-21H2,1-4H3,(H,34,38)/t29-/m0/s1. The van der Waals surface area contributed by atoms with Gasteiger partial charge in [-0.15, -0.1) is 0 Å². The van der Waals surface area contributed by atoms with Gasteiger partial charge in [0.25, 0.3) is 0 Å². The number of hydrogen-bond acceptors (Lipinski definition) is 4. The maximum Gasteiger partial charge on any atom is 0.244 e. The van der Waals surface area contributed by atoms with Crippen molar-refractivity contribution in [2.75, 3.05) is 23.7 Å². The molecule has 0 aliphatic rings. The second-order valence-electron chi connectivity index (χ2n) is 10.2. The fraction of sp³-hybridized carbons (Fsp3) is 0.355. The minimum Gasteiger partial charge on any atom is -0.354 e. The molecule has 3 aromatic rings. The Labute approximate surface area is 253 Å². The largest absolute Gasteiger partial charge is 0.354 e. The zero-order valence-corrected chi connectivity index (χ0v) is 26.2. The lowest BCUT2D eigenvalue weighted by Crippen LogP contribution is -2.53. The summed E-state index contributed by atoms with van der Waals surface area (Å²) < 4.78 is 27.0. The molecule has 0 heterocycles. The van der Waals surface area contributed by atoms with E-state index in [-0.39, 0.29) is 18.9 Å². The highest BCUT2D eigenvalue weighted by Gasteiger charge is 2.33. The molecule has 0 bridgehead atoms. The minimum absolute atomic E-state index is 0.0829. The first-order valence-electron chi connectivity index (χ1n) is 13.5. The average molecular weight is 619 g/mol. The van der Waals surface area contributed by atoms with Crippen LogP contribution in [-0.4, -0.2) is 50.5 Å². The van der Waals surface area contributed by atoms with E-state index in [1.165, 1.54) is 4.90 Å². The van der Waals surface area contributed by atoms with Crippen LogP contribution < -0.4 is 9.62 Å². The molecule has 10 heteroatoms. The second-order valence-corrected chi connectivity index (χ2v) is 12.9. The molecule has 3 rings (SSSR count). The Balaban J connectivity index is 2.10. The minimum atomic E-state index is -3.86. The summed E-state index contributed by atoms with van der Waals surface area (Å²) in [6.07, 6.45) is 2.95. The normalized spacial score (nSPS) is 12.0. The molecular formula is C31H37Cl2N3O4S. The van der Waals surface area contributed by atoms with Crippen molar-refractivity contribution < 1.29 is 18.0 Å². The van der Waals surface area contributed by atoms with Crippen molar-refractivity contribution in [3.8, 4) is 0 Å². The highest BCUT2D eigenvalue weighted by molar-refractivity contribution is 7.92. The number of carbonyl (C=O) groups is 2. The third-order valence-corrected chi connectivity index (χ3v) is 8.51. The Hall–Kier alpha value is -3.07. The van der Waals surface area contributed by atoms with E-state index in [4.69, 9.17) is 23.2 Å². The molecule has 1 N–H and O–H groups in total. The number of aryl methyl sites for hydroxylation is 2. The third-order valence-electron chi connectivity index (χ3n) is 6.66. The second kappa shape index (κ2) is 14.7. The molecule has 0 spiro atoms. The van der Waals surface area contributed by atoms with Crippen molar-refractivity contribution in [3.05, 3.63) is 99.0 Å². The van der Waals surface area contributed by atoms with Crippen LogP contribution in [0.4, 0.5) is 5.69 Å². The van der Waals surface area contributed by atoms with Crippen LogP contribution in [0.2, 0.25) is 10.0 Å². The molecule has 0 aromatic heterocycles. The fourth-order valence-electron chi connectivity index (χ4n) is 4.62. The summed E-state index contributed by atoms with van der Waals surface area (Å²) in [6, 6.07) is 18.8. The van der Waals surface area contributed by atoms with Crippen molar-refractivity contribution >= 4 is 50.7 Å². The number of benzene rings is 3. The van der Waals surface area contributed by atoms with Gasteiger partial charge in [-0.05, 0) is 61.2 Å². The van der Waals surface area contributed by atoms with Gasteiger partial charge in [-0.25, -0.2) is 8.42 Å². The summed E-state index contributed by atoms with van der Waals surface area (Å²) >= 11 is 13.0. The Bertz CT molecular complexity index is 1420. The predicted octanol–water partition coefficient (Wildman–Crippen LogP) is 5.93. The smallest absolute Gasteiger partial charge is 0.244 e. The SMILES string of the molecule is CCCCNC(=O)[C@H](Cc1ccccc1)N(Cc1c(Cl)cccc1Cl)C(=O)CN(c1cc(C)cc(C)c1)S(C)(=O)=O. The number of anilines is 1. The number of rotatable bonds is 13. The number of hydrogen-bond donors (Lipinski definition) is 1. The molecule has 0 fully saturated rings. The lowest BCUT2D eigenvalue weighted by molar-refractivity contribution is -0.140. The molecular weight excluding hydrogens is 581 g/mol. The maximum absolute atomic E-state index is 14.2. The van der Waals surface area contributed by atoms with Crippen LogP contribution in [0.25, 0.3) is 0 Å². The number of amides is 2. The first kappa shape index (κ1) is 32.4. The lowest BCUT2D eigenvalue weighted by Gasteiger charge is -2.34. The van der Waals surface area contributed by atoms with Crippen molar-refractivity contribution in [2.45, 2.75) is 52.6 Å². The van der Waals surface area contributed by atoms with E-state index in [1.54, 1.807) is 30.3 Å². The Kier molecular flexibility index (Phi) is 11.6. The van der Waals surface area contributed by atoms with E-state index >= 15 is 0 Å². The quantitative estimate of drug-likeness (QED) is 0.241. The molecule has 3 aromatic carbocycles. The van der Waals surface area contributed by atoms with Crippen LogP contribution >= 0.6 is 23.2 Å². The number of nitrogens with one attached hydrogen (secondary N) is 1.